The van der Waals surface area contributed by atoms with Gasteiger partial charge in [-0.05, 0) is 24.6 Å². The lowest BCUT2D eigenvalue weighted by molar-refractivity contribution is 0.0303. The number of ether oxygens (including phenoxy) is 3. The molecule has 0 spiro atoms. The van der Waals surface area contributed by atoms with E-state index in [2.05, 4.69) is 10.3 Å². The van der Waals surface area contributed by atoms with E-state index < -0.39 is 0 Å². The number of para-hydroxylation sites is 1. The van der Waals surface area contributed by atoms with Crippen LogP contribution < -0.4 is 14.8 Å². The van der Waals surface area contributed by atoms with E-state index in [0.717, 1.165) is 23.5 Å². The van der Waals surface area contributed by atoms with Crippen molar-refractivity contribution in [2.45, 2.75) is 12.5 Å². The van der Waals surface area contributed by atoms with Gasteiger partial charge in [-0.1, -0.05) is 12.1 Å². The van der Waals surface area contributed by atoms with Gasteiger partial charge >= 0.3 is 0 Å². The van der Waals surface area contributed by atoms with Crippen LogP contribution >= 0.6 is 0 Å². The van der Waals surface area contributed by atoms with Gasteiger partial charge < -0.3 is 24.4 Å². The summed E-state index contributed by atoms with van der Waals surface area (Å²) in [7, 11) is 1.64. The molecule has 1 N–H and O–H groups in total. The molecular weight excluding hydrogens is 346 g/mol. The fourth-order valence-corrected chi connectivity index (χ4v) is 3.45. The van der Waals surface area contributed by atoms with E-state index in [4.69, 9.17) is 14.2 Å². The van der Waals surface area contributed by atoms with E-state index in [1.165, 1.54) is 0 Å². The maximum Gasteiger partial charge on any atom is 0.254 e. The molecule has 1 aromatic carbocycles. The second-order valence-corrected chi connectivity index (χ2v) is 6.64. The Morgan fingerprint density at radius 1 is 1.30 bits per heavy atom. The molecule has 1 amide bonds. The quantitative estimate of drug-likeness (QED) is 0.889. The number of morpholine rings is 1. The SMILES string of the molecule is COc1cccc2c1OCC(Nc1cc(C(=O)N3CCOCC3)ccn1)C2. The Kier molecular flexibility index (Phi) is 5.11. The van der Waals surface area contributed by atoms with Crippen LogP contribution in [0.1, 0.15) is 15.9 Å². The summed E-state index contributed by atoms with van der Waals surface area (Å²) in [6, 6.07) is 9.53. The van der Waals surface area contributed by atoms with Crippen molar-refractivity contribution in [3.8, 4) is 11.5 Å². The highest BCUT2D eigenvalue weighted by Gasteiger charge is 2.24. The first-order chi connectivity index (χ1) is 13.2. The average Bonchev–Trinajstić information content (AvgIpc) is 2.73. The van der Waals surface area contributed by atoms with Crippen molar-refractivity contribution in [3.05, 3.63) is 47.7 Å². The fraction of sp³-hybridized carbons (Fsp3) is 0.400. The Balaban J connectivity index is 1.45. The highest BCUT2D eigenvalue weighted by atomic mass is 16.5. The fourth-order valence-electron chi connectivity index (χ4n) is 3.45. The number of hydrogen-bond acceptors (Lipinski definition) is 6. The lowest BCUT2D eigenvalue weighted by atomic mass is 10.0. The molecule has 3 heterocycles. The highest BCUT2D eigenvalue weighted by Crippen LogP contribution is 2.35. The Labute approximate surface area is 158 Å². The van der Waals surface area contributed by atoms with Gasteiger partial charge in [-0.25, -0.2) is 4.98 Å². The number of rotatable bonds is 4. The minimum absolute atomic E-state index is 0.0127. The van der Waals surface area contributed by atoms with Gasteiger partial charge in [-0.2, -0.15) is 0 Å². The number of nitrogens with one attached hydrogen (secondary N) is 1. The standard InChI is InChI=1S/C20H23N3O4/c1-25-17-4-2-3-14-11-16(13-27-19(14)17)22-18-12-15(5-6-21-18)20(24)23-7-9-26-10-8-23/h2-6,12,16H,7-11,13H2,1H3,(H,21,22). The van der Waals surface area contributed by atoms with Crippen LogP contribution in [0.3, 0.4) is 0 Å². The number of anilines is 1. The zero-order valence-electron chi connectivity index (χ0n) is 15.3. The predicted molar refractivity (Wildman–Crippen MR) is 101 cm³/mol. The third-order valence-electron chi connectivity index (χ3n) is 4.83. The number of benzene rings is 1. The molecule has 1 saturated heterocycles. The molecule has 142 valence electrons. The second kappa shape index (κ2) is 7.84. The molecule has 7 nitrogen and oxygen atoms in total. The maximum absolute atomic E-state index is 12.7. The largest absolute Gasteiger partial charge is 0.493 e. The molecule has 0 bridgehead atoms. The summed E-state index contributed by atoms with van der Waals surface area (Å²) >= 11 is 0. The summed E-state index contributed by atoms with van der Waals surface area (Å²) < 4.78 is 16.6. The van der Waals surface area contributed by atoms with Gasteiger partial charge in [0.25, 0.3) is 5.91 Å². The summed E-state index contributed by atoms with van der Waals surface area (Å²) in [5.74, 6) is 2.25. The summed E-state index contributed by atoms with van der Waals surface area (Å²) in [5.41, 5.74) is 1.73. The third-order valence-corrected chi connectivity index (χ3v) is 4.83. The van der Waals surface area contributed by atoms with Crippen molar-refractivity contribution in [2.75, 3.05) is 45.3 Å². The van der Waals surface area contributed by atoms with E-state index in [9.17, 15) is 4.79 Å². The van der Waals surface area contributed by atoms with Crippen LogP contribution in [-0.2, 0) is 11.2 Å². The van der Waals surface area contributed by atoms with Crippen LogP contribution in [0.25, 0.3) is 0 Å². The van der Waals surface area contributed by atoms with Crippen LogP contribution in [0.5, 0.6) is 11.5 Å². The van der Waals surface area contributed by atoms with Gasteiger partial charge in [0, 0.05) is 30.4 Å². The minimum Gasteiger partial charge on any atom is -0.493 e. The highest BCUT2D eigenvalue weighted by molar-refractivity contribution is 5.94. The number of aromatic nitrogens is 1. The van der Waals surface area contributed by atoms with E-state index in [1.807, 2.05) is 23.1 Å². The molecule has 4 rings (SSSR count). The van der Waals surface area contributed by atoms with E-state index in [1.54, 1.807) is 25.4 Å². The van der Waals surface area contributed by atoms with E-state index in [-0.39, 0.29) is 11.9 Å². The number of fused-ring (bicyclic) bond motifs is 1. The number of hydrogen-bond donors (Lipinski definition) is 1. The van der Waals surface area contributed by atoms with Crippen molar-refractivity contribution in [1.29, 1.82) is 0 Å². The van der Waals surface area contributed by atoms with Crippen LogP contribution in [0.4, 0.5) is 5.82 Å². The molecule has 0 radical (unpaired) electrons. The van der Waals surface area contributed by atoms with Gasteiger partial charge in [0.15, 0.2) is 11.5 Å². The minimum atomic E-state index is 0.0127. The Bertz CT molecular complexity index is 821. The Morgan fingerprint density at radius 3 is 2.96 bits per heavy atom. The number of carbonyl (C=O) groups excluding carboxylic acids is 1. The number of pyridine rings is 1. The Morgan fingerprint density at radius 2 is 2.15 bits per heavy atom. The smallest absolute Gasteiger partial charge is 0.254 e. The summed E-state index contributed by atoms with van der Waals surface area (Å²) in [6.07, 6.45) is 2.46. The lowest BCUT2D eigenvalue weighted by Gasteiger charge is -2.28. The van der Waals surface area contributed by atoms with Crippen LogP contribution in [0, 0.1) is 0 Å². The second-order valence-electron chi connectivity index (χ2n) is 6.64. The van der Waals surface area contributed by atoms with E-state index in [0.29, 0.717) is 44.3 Å². The molecular formula is C20H23N3O4. The molecule has 27 heavy (non-hydrogen) atoms. The van der Waals surface area contributed by atoms with Crippen molar-refractivity contribution < 1.29 is 19.0 Å². The van der Waals surface area contributed by atoms with Crippen molar-refractivity contribution >= 4 is 11.7 Å². The molecule has 2 aliphatic heterocycles. The molecule has 2 aromatic rings. The Hall–Kier alpha value is -2.80. The molecule has 1 atom stereocenters. The van der Waals surface area contributed by atoms with Crippen LogP contribution in [0.2, 0.25) is 0 Å². The van der Waals surface area contributed by atoms with Crippen LogP contribution in [-0.4, -0.2) is 61.9 Å². The first-order valence-electron chi connectivity index (χ1n) is 9.13. The number of amides is 1. The summed E-state index contributed by atoms with van der Waals surface area (Å²) in [5, 5.41) is 3.39. The summed E-state index contributed by atoms with van der Waals surface area (Å²) in [6.45, 7) is 2.93. The van der Waals surface area contributed by atoms with Gasteiger partial charge in [0.05, 0.1) is 26.4 Å². The van der Waals surface area contributed by atoms with Crippen molar-refractivity contribution in [1.82, 2.24) is 9.88 Å². The van der Waals surface area contributed by atoms with Gasteiger partial charge in [0.1, 0.15) is 12.4 Å². The molecule has 2 aliphatic rings. The summed E-state index contributed by atoms with van der Waals surface area (Å²) in [4.78, 5) is 18.8. The molecule has 0 aliphatic carbocycles. The molecule has 0 saturated carbocycles. The van der Waals surface area contributed by atoms with E-state index >= 15 is 0 Å². The third kappa shape index (κ3) is 3.83. The monoisotopic (exact) mass is 369 g/mol. The number of methoxy groups -OCH3 is 1. The predicted octanol–water partition coefficient (Wildman–Crippen LogP) is 1.98. The topological polar surface area (TPSA) is 72.9 Å². The normalized spacial score (nSPS) is 19.0. The molecule has 7 heteroatoms. The van der Waals surface area contributed by atoms with Gasteiger partial charge in [-0.15, -0.1) is 0 Å². The van der Waals surface area contributed by atoms with Gasteiger partial charge in [0.2, 0.25) is 0 Å². The zero-order valence-corrected chi connectivity index (χ0v) is 15.3. The van der Waals surface area contributed by atoms with Crippen molar-refractivity contribution in [2.24, 2.45) is 0 Å². The lowest BCUT2D eigenvalue weighted by Crippen LogP contribution is -2.40. The molecule has 1 aromatic heterocycles. The first kappa shape index (κ1) is 17.6. The molecule has 1 fully saturated rings. The number of carbonyl (C=O) groups is 1. The first-order valence-corrected chi connectivity index (χ1v) is 9.13. The molecule has 1 unspecified atom stereocenters. The van der Waals surface area contributed by atoms with Crippen LogP contribution in [0.15, 0.2) is 36.5 Å². The number of nitrogens with zero attached hydrogens (tertiary/aromatic N) is 2. The van der Waals surface area contributed by atoms with Crippen molar-refractivity contribution in [3.63, 3.8) is 0 Å². The average molecular weight is 369 g/mol. The maximum atomic E-state index is 12.7. The van der Waals surface area contributed by atoms with Gasteiger partial charge in [-0.3, -0.25) is 4.79 Å². The zero-order chi connectivity index (χ0) is 18.6.